The summed E-state index contributed by atoms with van der Waals surface area (Å²) in [5.74, 6) is 0.402. The first-order valence-corrected chi connectivity index (χ1v) is 7.88. The number of amides is 1. The SMILES string of the molecule is O=C1C[C@H](NC2CCC2)CN1C1CCCCCC1. The van der Waals surface area contributed by atoms with Crippen molar-refractivity contribution in [1.82, 2.24) is 10.2 Å². The Hall–Kier alpha value is -0.570. The zero-order valence-electron chi connectivity index (χ0n) is 11.4. The molecule has 1 N–H and O–H groups in total. The van der Waals surface area contributed by atoms with Gasteiger partial charge in [-0.05, 0) is 25.7 Å². The lowest BCUT2D eigenvalue weighted by atomic mass is 9.92. The molecule has 102 valence electrons. The van der Waals surface area contributed by atoms with Crippen LogP contribution in [0.4, 0.5) is 0 Å². The Bertz CT molecular complexity index is 293. The standard InChI is InChI=1S/C15H26N2O/c18-15-10-13(16-12-6-5-7-12)11-17(15)14-8-3-1-2-4-9-14/h12-14,16H,1-11H2/t13-/m0/s1. The molecule has 3 aliphatic rings. The number of carbonyl (C=O) groups is 1. The highest BCUT2D eigenvalue weighted by atomic mass is 16.2. The van der Waals surface area contributed by atoms with E-state index in [4.69, 9.17) is 0 Å². The van der Waals surface area contributed by atoms with Gasteiger partial charge in [0.25, 0.3) is 0 Å². The van der Waals surface area contributed by atoms with E-state index in [1.54, 1.807) is 0 Å². The van der Waals surface area contributed by atoms with E-state index in [1.807, 2.05) is 0 Å². The van der Waals surface area contributed by atoms with Crippen LogP contribution in [0.25, 0.3) is 0 Å². The lowest BCUT2D eigenvalue weighted by Crippen LogP contribution is -2.44. The van der Waals surface area contributed by atoms with Gasteiger partial charge in [0.2, 0.25) is 5.91 Å². The maximum atomic E-state index is 12.2. The topological polar surface area (TPSA) is 32.3 Å². The average molecular weight is 250 g/mol. The minimum Gasteiger partial charge on any atom is -0.338 e. The number of nitrogens with one attached hydrogen (secondary N) is 1. The van der Waals surface area contributed by atoms with Crippen LogP contribution in [0.1, 0.15) is 64.2 Å². The van der Waals surface area contributed by atoms with Crippen LogP contribution in [0.2, 0.25) is 0 Å². The van der Waals surface area contributed by atoms with Crippen molar-refractivity contribution in [2.24, 2.45) is 0 Å². The first kappa shape index (κ1) is 12.5. The molecule has 0 bridgehead atoms. The lowest BCUT2D eigenvalue weighted by molar-refractivity contribution is -0.129. The Kier molecular flexibility index (Phi) is 3.88. The highest BCUT2D eigenvalue weighted by Gasteiger charge is 2.35. The number of carbonyl (C=O) groups excluding carboxylic acids is 1. The van der Waals surface area contributed by atoms with E-state index in [0.717, 1.165) is 13.0 Å². The fourth-order valence-electron chi connectivity index (χ4n) is 3.67. The highest BCUT2D eigenvalue weighted by molar-refractivity contribution is 5.79. The van der Waals surface area contributed by atoms with Gasteiger partial charge >= 0.3 is 0 Å². The third-order valence-electron chi connectivity index (χ3n) is 5.00. The van der Waals surface area contributed by atoms with Crippen LogP contribution >= 0.6 is 0 Å². The molecular formula is C15H26N2O. The molecule has 0 aromatic carbocycles. The molecule has 3 fully saturated rings. The van der Waals surface area contributed by atoms with Crippen molar-refractivity contribution >= 4 is 5.91 Å². The minimum absolute atomic E-state index is 0.402. The first-order valence-electron chi connectivity index (χ1n) is 7.88. The molecule has 2 aliphatic carbocycles. The zero-order valence-corrected chi connectivity index (χ0v) is 11.4. The summed E-state index contributed by atoms with van der Waals surface area (Å²) in [6, 6.07) is 1.69. The molecular weight excluding hydrogens is 224 g/mol. The normalized spacial score (nSPS) is 31.4. The second-order valence-corrected chi connectivity index (χ2v) is 6.39. The summed E-state index contributed by atoms with van der Waals surface area (Å²) < 4.78 is 0. The quantitative estimate of drug-likeness (QED) is 0.780. The Balaban J connectivity index is 1.53. The van der Waals surface area contributed by atoms with Crippen molar-refractivity contribution in [3.8, 4) is 0 Å². The summed E-state index contributed by atoms with van der Waals surface area (Å²) in [5.41, 5.74) is 0. The molecule has 2 saturated carbocycles. The Labute approximate surface area is 110 Å². The fourth-order valence-corrected chi connectivity index (χ4v) is 3.67. The van der Waals surface area contributed by atoms with Gasteiger partial charge in [-0.3, -0.25) is 4.79 Å². The summed E-state index contributed by atoms with van der Waals surface area (Å²) >= 11 is 0. The third-order valence-corrected chi connectivity index (χ3v) is 5.00. The van der Waals surface area contributed by atoms with Crippen LogP contribution in [-0.4, -0.2) is 35.5 Å². The van der Waals surface area contributed by atoms with Crippen LogP contribution in [-0.2, 0) is 4.79 Å². The lowest BCUT2D eigenvalue weighted by Gasteiger charge is -2.31. The number of rotatable bonds is 3. The van der Waals surface area contributed by atoms with Crippen molar-refractivity contribution in [2.45, 2.75) is 82.3 Å². The summed E-state index contributed by atoms with van der Waals surface area (Å²) in [6.07, 6.45) is 12.6. The molecule has 1 atom stereocenters. The summed E-state index contributed by atoms with van der Waals surface area (Å²) in [5, 5.41) is 3.67. The second kappa shape index (κ2) is 5.60. The monoisotopic (exact) mass is 250 g/mol. The molecule has 18 heavy (non-hydrogen) atoms. The number of hydrogen-bond donors (Lipinski definition) is 1. The van der Waals surface area contributed by atoms with Gasteiger partial charge in [0.05, 0.1) is 0 Å². The number of hydrogen-bond acceptors (Lipinski definition) is 2. The van der Waals surface area contributed by atoms with Gasteiger partial charge in [-0.25, -0.2) is 0 Å². The molecule has 0 unspecified atom stereocenters. The molecule has 1 aliphatic heterocycles. The van der Waals surface area contributed by atoms with E-state index in [0.29, 0.717) is 24.0 Å². The summed E-state index contributed by atoms with van der Waals surface area (Å²) in [4.78, 5) is 14.4. The molecule has 3 heteroatoms. The van der Waals surface area contributed by atoms with Crippen LogP contribution in [0.5, 0.6) is 0 Å². The van der Waals surface area contributed by atoms with E-state index in [-0.39, 0.29) is 0 Å². The predicted octanol–water partition coefficient (Wildman–Crippen LogP) is 2.45. The average Bonchev–Trinajstić information content (AvgIpc) is 2.54. The molecule has 1 amide bonds. The molecule has 1 saturated heterocycles. The maximum absolute atomic E-state index is 12.2. The van der Waals surface area contributed by atoms with Crippen LogP contribution in [0, 0.1) is 0 Å². The van der Waals surface area contributed by atoms with E-state index in [9.17, 15) is 4.79 Å². The summed E-state index contributed by atoms with van der Waals surface area (Å²) in [6.45, 7) is 0.972. The molecule has 0 aromatic heterocycles. The Morgan fingerprint density at radius 1 is 0.889 bits per heavy atom. The second-order valence-electron chi connectivity index (χ2n) is 6.39. The largest absolute Gasteiger partial charge is 0.338 e. The third kappa shape index (κ3) is 2.71. The molecule has 0 radical (unpaired) electrons. The van der Waals surface area contributed by atoms with Gasteiger partial charge in [0, 0.05) is 31.1 Å². The van der Waals surface area contributed by atoms with Crippen molar-refractivity contribution in [1.29, 1.82) is 0 Å². The predicted molar refractivity (Wildman–Crippen MR) is 72.4 cm³/mol. The van der Waals surface area contributed by atoms with Crippen LogP contribution < -0.4 is 5.32 Å². The molecule has 1 heterocycles. The van der Waals surface area contributed by atoms with E-state index in [2.05, 4.69) is 10.2 Å². The van der Waals surface area contributed by atoms with Crippen LogP contribution in [0.15, 0.2) is 0 Å². The number of nitrogens with zero attached hydrogens (tertiary/aromatic N) is 1. The van der Waals surface area contributed by atoms with Crippen molar-refractivity contribution in [3.05, 3.63) is 0 Å². The van der Waals surface area contributed by atoms with Gasteiger partial charge in [-0.15, -0.1) is 0 Å². The molecule has 0 aromatic rings. The van der Waals surface area contributed by atoms with E-state index >= 15 is 0 Å². The molecule has 0 spiro atoms. The maximum Gasteiger partial charge on any atom is 0.224 e. The van der Waals surface area contributed by atoms with Gasteiger partial charge in [0.1, 0.15) is 0 Å². The summed E-state index contributed by atoms with van der Waals surface area (Å²) in [7, 11) is 0. The van der Waals surface area contributed by atoms with Gasteiger partial charge in [-0.2, -0.15) is 0 Å². The smallest absolute Gasteiger partial charge is 0.224 e. The first-order chi connectivity index (χ1) is 8.83. The number of likely N-dealkylation sites (tertiary alicyclic amines) is 1. The van der Waals surface area contributed by atoms with Crippen LogP contribution in [0.3, 0.4) is 0 Å². The van der Waals surface area contributed by atoms with Gasteiger partial charge in [-0.1, -0.05) is 32.1 Å². The van der Waals surface area contributed by atoms with Gasteiger partial charge in [0.15, 0.2) is 0 Å². The highest BCUT2D eigenvalue weighted by Crippen LogP contribution is 2.27. The molecule has 3 rings (SSSR count). The Morgan fingerprint density at radius 3 is 2.22 bits per heavy atom. The molecule has 3 nitrogen and oxygen atoms in total. The fraction of sp³-hybridized carbons (Fsp3) is 0.933. The van der Waals surface area contributed by atoms with E-state index < -0.39 is 0 Å². The van der Waals surface area contributed by atoms with E-state index in [1.165, 1.54) is 57.8 Å². The van der Waals surface area contributed by atoms with Crippen molar-refractivity contribution in [2.75, 3.05) is 6.54 Å². The van der Waals surface area contributed by atoms with Crippen molar-refractivity contribution in [3.63, 3.8) is 0 Å². The minimum atomic E-state index is 0.402. The Morgan fingerprint density at radius 2 is 1.61 bits per heavy atom. The van der Waals surface area contributed by atoms with Gasteiger partial charge < -0.3 is 10.2 Å². The zero-order chi connectivity index (χ0) is 12.4. The van der Waals surface area contributed by atoms with Crippen molar-refractivity contribution < 1.29 is 4.79 Å².